The third-order valence-electron chi connectivity index (χ3n) is 4.02. The summed E-state index contributed by atoms with van der Waals surface area (Å²) < 4.78 is 0. The maximum Gasteiger partial charge on any atom is 0.249 e. The van der Waals surface area contributed by atoms with Crippen LogP contribution in [0, 0.1) is 0 Å². The van der Waals surface area contributed by atoms with E-state index in [1.165, 1.54) is 6.08 Å². The summed E-state index contributed by atoms with van der Waals surface area (Å²) >= 11 is 0. The molecule has 2 amide bonds. The Labute approximate surface area is 141 Å². The van der Waals surface area contributed by atoms with Gasteiger partial charge >= 0.3 is 0 Å². The molecule has 1 aliphatic rings. The fourth-order valence-corrected chi connectivity index (χ4v) is 2.89. The number of rotatable bonds is 4. The number of carbonyl (C=O) groups excluding carboxylic acids is 2. The molecular formula is C19H19N3O2. The highest BCUT2D eigenvalue weighted by molar-refractivity contribution is 6.03. The van der Waals surface area contributed by atoms with Crippen LogP contribution in [0.3, 0.4) is 0 Å². The van der Waals surface area contributed by atoms with Crippen LogP contribution in [0.25, 0.3) is 6.08 Å². The van der Waals surface area contributed by atoms with E-state index in [1.54, 1.807) is 29.4 Å². The molecule has 0 bridgehead atoms. The fraction of sp³-hybridized carbons (Fsp3) is 0.211. The van der Waals surface area contributed by atoms with Gasteiger partial charge in [0.05, 0.1) is 0 Å². The Morgan fingerprint density at radius 3 is 2.75 bits per heavy atom. The third-order valence-corrected chi connectivity index (χ3v) is 4.02. The molecule has 1 aromatic heterocycles. The normalized spacial score (nSPS) is 20.5. The first-order valence-electron chi connectivity index (χ1n) is 7.92. The maximum absolute atomic E-state index is 12.6. The second-order valence-corrected chi connectivity index (χ2v) is 5.81. The predicted molar refractivity (Wildman–Crippen MR) is 93.2 cm³/mol. The molecule has 1 N–H and O–H groups in total. The lowest BCUT2D eigenvalue weighted by atomic mass is 10.2. The van der Waals surface area contributed by atoms with Gasteiger partial charge in [0, 0.05) is 30.2 Å². The number of aromatic nitrogens is 1. The summed E-state index contributed by atoms with van der Waals surface area (Å²) in [5, 5.41) is 2.79. The Morgan fingerprint density at radius 2 is 2.04 bits per heavy atom. The van der Waals surface area contributed by atoms with Gasteiger partial charge in [0.25, 0.3) is 0 Å². The summed E-state index contributed by atoms with van der Waals surface area (Å²) in [6, 6.07) is 12.7. The summed E-state index contributed by atoms with van der Waals surface area (Å²) in [6.45, 7) is 1.99. The summed E-state index contributed by atoms with van der Waals surface area (Å²) in [4.78, 5) is 30.4. The number of para-hydroxylation sites is 1. The molecule has 24 heavy (non-hydrogen) atoms. The second-order valence-electron chi connectivity index (χ2n) is 5.81. The lowest BCUT2D eigenvalue weighted by molar-refractivity contribution is -0.123. The van der Waals surface area contributed by atoms with Crippen molar-refractivity contribution in [2.24, 2.45) is 0 Å². The van der Waals surface area contributed by atoms with E-state index in [2.05, 4.69) is 10.3 Å². The Balaban J connectivity index is 1.65. The van der Waals surface area contributed by atoms with Gasteiger partial charge in [-0.15, -0.1) is 0 Å². The predicted octanol–water partition coefficient (Wildman–Crippen LogP) is 2.41. The number of pyridine rings is 1. The van der Waals surface area contributed by atoms with Crippen LogP contribution in [0.4, 0.5) is 5.69 Å². The van der Waals surface area contributed by atoms with E-state index in [0.717, 1.165) is 11.3 Å². The van der Waals surface area contributed by atoms with Crippen molar-refractivity contribution in [1.29, 1.82) is 0 Å². The molecule has 5 heteroatoms. The van der Waals surface area contributed by atoms with Crippen molar-refractivity contribution in [3.8, 4) is 0 Å². The lowest BCUT2D eigenvalue weighted by Crippen LogP contribution is -2.41. The number of nitrogens with zero attached hydrogens (tertiary/aromatic N) is 2. The first kappa shape index (κ1) is 15.9. The largest absolute Gasteiger partial charge is 0.341 e. The number of hydrogen-bond donors (Lipinski definition) is 1. The molecule has 0 saturated carbocycles. The molecule has 5 nitrogen and oxygen atoms in total. The highest BCUT2D eigenvalue weighted by atomic mass is 16.2. The van der Waals surface area contributed by atoms with Crippen molar-refractivity contribution < 1.29 is 9.59 Å². The van der Waals surface area contributed by atoms with Gasteiger partial charge in [0.1, 0.15) is 6.04 Å². The molecule has 0 radical (unpaired) electrons. The summed E-state index contributed by atoms with van der Waals surface area (Å²) in [5.74, 6) is -0.351. The van der Waals surface area contributed by atoms with Crippen LogP contribution in [-0.2, 0) is 9.59 Å². The van der Waals surface area contributed by atoms with Gasteiger partial charge < -0.3 is 10.2 Å². The average molecular weight is 321 g/mol. The van der Waals surface area contributed by atoms with Crippen LogP contribution >= 0.6 is 0 Å². The van der Waals surface area contributed by atoms with E-state index in [1.807, 2.05) is 43.3 Å². The molecule has 2 atom stereocenters. The molecule has 122 valence electrons. The van der Waals surface area contributed by atoms with Gasteiger partial charge in [-0.3, -0.25) is 14.6 Å². The molecule has 1 aliphatic heterocycles. The fourth-order valence-electron chi connectivity index (χ4n) is 2.89. The summed E-state index contributed by atoms with van der Waals surface area (Å²) in [5.41, 5.74) is 1.70. The minimum Gasteiger partial charge on any atom is -0.341 e. The van der Waals surface area contributed by atoms with Gasteiger partial charge in [-0.1, -0.05) is 24.3 Å². The van der Waals surface area contributed by atoms with Crippen LogP contribution in [0.1, 0.15) is 18.9 Å². The molecule has 3 rings (SSSR count). The molecule has 2 heterocycles. The quantitative estimate of drug-likeness (QED) is 0.880. The monoisotopic (exact) mass is 321 g/mol. The van der Waals surface area contributed by atoms with Gasteiger partial charge in [0.15, 0.2) is 0 Å². The van der Waals surface area contributed by atoms with Crippen molar-refractivity contribution >= 4 is 23.6 Å². The maximum atomic E-state index is 12.6. The highest BCUT2D eigenvalue weighted by Gasteiger charge is 2.38. The molecule has 1 saturated heterocycles. The molecule has 1 fully saturated rings. The molecular weight excluding hydrogens is 302 g/mol. The van der Waals surface area contributed by atoms with Gasteiger partial charge in [0.2, 0.25) is 11.8 Å². The molecule has 0 spiro atoms. The number of amides is 2. The first-order valence-corrected chi connectivity index (χ1v) is 7.92. The Bertz CT molecular complexity index is 744. The van der Waals surface area contributed by atoms with E-state index in [-0.39, 0.29) is 17.9 Å². The zero-order valence-electron chi connectivity index (χ0n) is 13.4. The highest BCUT2D eigenvalue weighted by Crippen LogP contribution is 2.26. The van der Waals surface area contributed by atoms with Crippen LogP contribution in [0.2, 0.25) is 0 Å². The number of carbonyl (C=O) groups is 2. The van der Waals surface area contributed by atoms with Crippen molar-refractivity contribution in [3.05, 3.63) is 66.5 Å². The van der Waals surface area contributed by atoms with E-state index in [4.69, 9.17) is 0 Å². The first-order chi connectivity index (χ1) is 11.6. The molecule has 2 aromatic rings. The van der Waals surface area contributed by atoms with E-state index in [0.29, 0.717) is 6.42 Å². The van der Waals surface area contributed by atoms with Crippen LogP contribution < -0.4 is 10.2 Å². The Kier molecular flexibility index (Phi) is 4.70. The van der Waals surface area contributed by atoms with Gasteiger partial charge in [-0.25, -0.2) is 0 Å². The van der Waals surface area contributed by atoms with E-state index in [9.17, 15) is 9.59 Å². The lowest BCUT2D eigenvalue weighted by Gasteiger charge is -2.21. The number of benzene rings is 1. The summed E-state index contributed by atoms with van der Waals surface area (Å²) in [6.07, 6.45) is 7.05. The van der Waals surface area contributed by atoms with Crippen LogP contribution in [0.15, 0.2) is 60.9 Å². The zero-order chi connectivity index (χ0) is 16.9. The zero-order valence-corrected chi connectivity index (χ0v) is 13.4. The second kappa shape index (κ2) is 7.08. The number of hydrogen-bond acceptors (Lipinski definition) is 3. The minimum atomic E-state index is -0.494. The number of nitrogens with one attached hydrogen (secondary N) is 1. The molecule has 1 aromatic carbocycles. The third kappa shape index (κ3) is 3.51. The Hall–Kier alpha value is -2.95. The number of anilines is 1. The smallest absolute Gasteiger partial charge is 0.249 e. The van der Waals surface area contributed by atoms with Gasteiger partial charge in [-0.2, -0.15) is 0 Å². The summed E-state index contributed by atoms with van der Waals surface area (Å²) in [7, 11) is 0. The SMILES string of the molecule is C[C@@H]1C[C@@H](NC(=O)/C=C\c2cccnc2)C(=O)N1c1ccccc1. The van der Waals surface area contributed by atoms with Crippen LogP contribution in [0.5, 0.6) is 0 Å². The van der Waals surface area contributed by atoms with Crippen molar-refractivity contribution in [1.82, 2.24) is 10.3 Å². The van der Waals surface area contributed by atoms with Crippen LogP contribution in [-0.4, -0.2) is 28.9 Å². The molecule has 0 unspecified atom stereocenters. The molecule has 0 aliphatic carbocycles. The minimum absolute atomic E-state index is 0.0486. The van der Waals surface area contributed by atoms with E-state index < -0.39 is 6.04 Å². The van der Waals surface area contributed by atoms with Crippen molar-refractivity contribution in [2.75, 3.05) is 4.90 Å². The Morgan fingerprint density at radius 1 is 1.25 bits per heavy atom. The average Bonchev–Trinajstić information content (AvgIpc) is 2.88. The topological polar surface area (TPSA) is 62.3 Å². The van der Waals surface area contributed by atoms with Crippen molar-refractivity contribution in [3.63, 3.8) is 0 Å². The van der Waals surface area contributed by atoms with E-state index >= 15 is 0 Å². The van der Waals surface area contributed by atoms with Crippen molar-refractivity contribution in [2.45, 2.75) is 25.4 Å². The standard InChI is InChI=1S/C19H19N3O2/c1-14-12-17(19(24)22(14)16-7-3-2-4-8-16)21-18(23)10-9-15-6-5-11-20-13-15/h2-11,13-14,17H,12H2,1H3,(H,21,23)/b10-9-/t14-,17-/m1/s1. The van der Waals surface area contributed by atoms with Gasteiger partial charge in [-0.05, 0) is 43.2 Å².